The second-order valence-corrected chi connectivity index (χ2v) is 6.28. The number of morpholine rings is 1. The van der Waals surface area contributed by atoms with Gasteiger partial charge in [0.05, 0.1) is 36.3 Å². The number of rotatable bonds is 3. The van der Waals surface area contributed by atoms with Gasteiger partial charge in [0.2, 0.25) is 0 Å². The molecule has 8 heteroatoms. The standard InChI is InChI=1S/C19H17N7O/c1-2-15-14(9-13(1)17-11-20-3-4-21-17)19(25-24-15)16-10-18(23-12-22-16)26-5-7-27-8-6-26/h1-4,9-12H,5-8H2,(H,24,25). The van der Waals surface area contributed by atoms with Crippen LogP contribution in [0.4, 0.5) is 5.82 Å². The van der Waals surface area contributed by atoms with Crippen LogP contribution >= 0.6 is 0 Å². The van der Waals surface area contributed by atoms with Gasteiger partial charge in [-0.1, -0.05) is 6.07 Å². The second-order valence-electron chi connectivity index (χ2n) is 6.28. The van der Waals surface area contributed by atoms with Crippen LogP contribution in [0.2, 0.25) is 0 Å². The maximum atomic E-state index is 5.42. The van der Waals surface area contributed by atoms with Gasteiger partial charge >= 0.3 is 0 Å². The Morgan fingerprint density at radius 2 is 1.89 bits per heavy atom. The summed E-state index contributed by atoms with van der Waals surface area (Å²) in [6, 6.07) is 8.05. The molecule has 3 aromatic heterocycles. The monoisotopic (exact) mass is 359 g/mol. The molecule has 1 aromatic carbocycles. The van der Waals surface area contributed by atoms with E-state index in [1.54, 1.807) is 24.9 Å². The quantitative estimate of drug-likeness (QED) is 0.600. The van der Waals surface area contributed by atoms with Crippen LogP contribution < -0.4 is 4.90 Å². The Labute approximate surface area is 155 Å². The third kappa shape index (κ3) is 3.00. The largest absolute Gasteiger partial charge is 0.378 e. The molecule has 1 aliphatic rings. The number of H-pyrrole nitrogens is 1. The van der Waals surface area contributed by atoms with E-state index in [2.05, 4.69) is 41.1 Å². The number of fused-ring (bicyclic) bond motifs is 1. The first-order valence-electron chi connectivity index (χ1n) is 8.78. The van der Waals surface area contributed by atoms with Crippen LogP contribution in [0.5, 0.6) is 0 Å². The summed E-state index contributed by atoms with van der Waals surface area (Å²) < 4.78 is 5.42. The fourth-order valence-electron chi connectivity index (χ4n) is 3.26. The fourth-order valence-corrected chi connectivity index (χ4v) is 3.26. The van der Waals surface area contributed by atoms with Crippen molar-refractivity contribution in [1.29, 1.82) is 0 Å². The summed E-state index contributed by atoms with van der Waals surface area (Å²) in [4.78, 5) is 19.6. The number of nitrogens with one attached hydrogen (secondary N) is 1. The van der Waals surface area contributed by atoms with Crippen molar-refractivity contribution in [3.05, 3.63) is 49.2 Å². The molecule has 4 heterocycles. The van der Waals surface area contributed by atoms with Gasteiger partial charge in [-0.05, 0) is 12.1 Å². The average molecular weight is 359 g/mol. The predicted molar refractivity (Wildman–Crippen MR) is 101 cm³/mol. The van der Waals surface area contributed by atoms with Gasteiger partial charge in [-0.3, -0.25) is 15.1 Å². The number of benzene rings is 1. The van der Waals surface area contributed by atoms with E-state index in [-0.39, 0.29) is 0 Å². The zero-order chi connectivity index (χ0) is 18.1. The Hall–Kier alpha value is -3.39. The second kappa shape index (κ2) is 6.73. The Bertz CT molecular complexity index is 1070. The minimum absolute atomic E-state index is 0.714. The number of aromatic amines is 1. The van der Waals surface area contributed by atoms with Crippen LogP contribution in [0.25, 0.3) is 33.5 Å². The summed E-state index contributed by atoms with van der Waals surface area (Å²) >= 11 is 0. The van der Waals surface area contributed by atoms with E-state index in [4.69, 9.17) is 4.74 Å². The Morgan fingerprint density at radius 3 is 2.74 bits per heavy atom. The van der Waals surface area contributed by atoms with E-state index in [9.17, 15) is 0 Å². The number of hydrogen-bond donors (Lipinski definition) is 1. The third-order valence-electron chi connectivity index (χ3n) is 4.65. The van der Waals surface area contributed by atoms with Gasteiger partial charge in [0.25, 0.3) is 0 Å². The smallest absolute Gasteiger partial charge is 0.132 e. The molecule has 0 amide bonds. The molecule has 0 atom stereocenters. The first kappa shape index (κ1) is 15.8. The number of aromatic nitrogens is 6. The lowest BCUT2D eigenvalue weighted by molar-refractivity contribution is 0.122. The molecule has 1 fully saturated rings. The van der Waals surface area contributed by atoms with Gasteiger partial charge in [0.1, 0.15) is 17.8 Å². The minimum Gasteiger partial charge on any atom is -0.378 e. The summed E-state index contributed by atoms with van der Waals surface area (Å²) in [5.41, 5.74) is 4.34. The van der Waals surface area contributed by atoms with Gasteiger partial charge in [0.15, 0.2) is 0 Å². The van der Waals surface area contributed by atoms with Crippen LogP contribution in [-0.4, -0.2) is 56.4 Å². The molecule has 0 aliphatic carbocycles. The van der Waals surface area contributed by atoms with Crippen molar-refractivity contribution >= 4 is 16.7 Å². The molecule has 5 rings (SSSR count). The van der Waals surface area contributed by atoms with Crippen molar-refractivity contribution in [3.63, 3.8) is 0 Å². The predicted octanol–water partition coefficient (Wildman–Crippen LogP) is 2.31. The highest BCUT2D eigenvalue weighted by Crippen LogP contribution is 2.29. The lowest BCUT2D eigenvalue weighted by Crippen LogP contribution is -2.36. The SMILES string of the molecule is c1cnc(-c2ccc3[nH]nc(-c4cc(N5CCOCC5)ncn4)c3c2)cn1. The van der Waals surface area contributed by atoms with Gasteiger partial charge in [-0.15, -0.1) is 0 Å². The van der Waals surface area contributed by atoms with Gasteiger partial charge < -0.3 is 9.64 Å². The highest BCUT2D eigenvalue weighted by atomic mass is 16.5. The molecular formula is C19H17N7O. The maximum absolute atomic E-state index is 5.42. The van der Waals surface area contributed by atoms with Crippen molar-refractivity contribution in [2.45, 2.75) is 0 Å². The van der Waals surface area contributed by atoms with Crippen LogP contribution in [0, 0.1) is 0 Å². The molecule has 4 aromatic rings. The molecule has 8 nitrogen and oxygen atoms in total. The molecule has 0 unspecified atom stereocenters. The van der Waals surface area contributed by atoms with Gasteiger partial charge in [-0.2, -0.15) is 5.10 Å². The van der Waals surface area contributed by atoms with Crippen LogP contribution in [0.1, 0.15) is 0 Å². The topological polar surface area (TPSA) is 92.7 Å². The van der Waals surface area contributed by atoms with Gasteiger partial charge in [-0.25, -0.2) is 9.97 Å². The average Bonchev–Trinajstić information content (AvgIpc) is 3.18. The summed E-state index contributed by atoms with van der Waals surface area (Å²) in [7, 11) is 0. The van der Waals surface area contributed by atoms with E-state index in [1.807, 2.05) is 18.2 Å². The zero-order valence-electron chi connectivity index (χ0n) is 14.5. The first-order chi connectivity index (χ1) is 13.4. The van der Waals surface area contributed by atoms with Crippen molar-refractivity contribution in [3.8, 4) is 22.6 Å². The Kier molecular flexibility index (Phi) is 3.95. The van der Waals surface area contributed by atoms with E-state index < -0.39 is 0 Å². The lowest BCUT2D eigenvalue weighted by Gasteiger charge is -2.27. The highest BCUT2D eigenvalue weighted by Gasteiger charge is 2.16. The normalized spacial score (nSPS) is 14.6. The molecule has 27 heavy (non-hydrogen) atoms. The molecule has 0 spiro atoms. The molecule has 1 N–H and O–H groups in total. The van der Waals surface area contributed by atoms with Crippen molar-refractivity contribution in [2.24, 2.45) is 0 Å². The third-order valence-corrected chi connectivity index (χ3v) is 4.65. The zero-order valence-corrected chi connectivity index (χ0v) is 14.5. The molecule has 0 radical (unpaired) electrons. The van der Waals surface area contributed by atoms with Crippen LogP contribution in [0.3, 0.4) is 0 Å². The summed E-state index contributed by atoms with van der Waals surface area (Å²) in [6.07, 6.45) is 6.70. The Balaban J connectivity index is 1.57. The number of nitrogens with zero attached hydrogens (tertiary/aromatic N) is 6. The fraction of sp³-hybridized carbons (Fsp3) is 0.211. The lowest BCUT2D eigenvalue weighted by atomic mass is 10.1. The number of hydrogen-bond acceptors (Lipinski definition) is 7. The maximum Gasteiger partial charge on any atom is 0.132 e. The first-order valence-corrected chi connectivity index (χ1v) is 8.78. The molecular weight excluding hydrogens is 342 g/mol. The van der Waals surface area contributed by atoms with E-state index in [0.29, 0.717) is 13.2 Å². The summed E-state index contributed by atoms with van der Waals surface area (Å²) in [6.45, 7) is 3.08. The van der Waals surface area contributed by atoms with Crippen molar-refractivity contribution < 1.29 is 4.74 Å². The molecule has 0 saturated carbocycles. The molecule has 1 saturated heterocycles. The van der Waals surface area contributed by atoms with Crippen LogP contribution in [-0.2, 0) is 4.74 Å². The minimum atomic E-state index is 0.714. The molecule has 0 bridgehead atoms. The van der Waals surface area contributed by atoms with E-state index >= 15 is 0 Å². The van der Waals surface area contributed by atoms with E-state index in [0.717, 1.165) is 52.5 Å². The van der Waals surface area contributed by atoms with Crippen LogP contribution in [0.15, 0.2) is 49.2 Å². The molecule has 134 valence electrons. The van der Waals surface area contributed by atoms with Crippen molar-refractivity contribution in [2.75, 3.05) is 31.2 Å². The van der Waals surface area contributed by atoms with Gasteiger partial charge in [0, 0.05) is 42.5 Å². The number of ether oxygens (including phenoxy) is 1. The highest BCUT2D eigenvalue weighted by molar-refractivity contribution is 5.94. The molecule has 1 aliphatic heterocycles. The summed E-state index contributed by atoms with van der Waals surface area (Å²) in [5.74, 6) is 0.893. The van der Waals surface area contributed by atoms with Crippen molar-refractivity contribution in [1.82, 2.24) is 30.1 Å². The Morgan fingerprint density at radius 1 is 0.963 bits per heavy atom. The number of anilines is 1. The van der Waals surface area contributed by atoms with E-state index in [1.165, 1.54) is 0 Å². The summed E-state index contributed by atoms with van der Waals surface area (Å²) in [5, 5.41) is 8.57.